The molecule has 0 radical (unpaired) electrons. The molecule has 7 nitrogen and oxygen atoms in total. The normalized spacial score (nSPS) is 11.9. The highest BCUT2D eigenvalue weighted by Gasteiger charge is 2.20. The summed E-state index contributed by atoms with van der Waals surface area (Å²) in [4.78, 5) is 24.3. The van der Waals surface area contributed by atoms with Crippen molar-refractivity contribution < 1.29 is 22.7 Å². The van der Waals surface area contributed by atoms with Crippen LogP contribution in [0.2, 0.25) is 5.02 Å². The predicted octanol–water partition coefficient (Wildman–Crippen LogP) is 2.44. The number of nitrogens with one attached hydrogen (secondary N) is 2. The Labute approximate surface area is 168 Å². The average Bonchev–Trinajstić information content (AvgIpc) is 2.68. The standard InChI is InChI=1S/C19H17ClN2O5S/c1-3-12-21-28(25,26)17-10-4-14(5-11-17)19(24)27-13(2)18(23)22-16-8-6-15(20)7-9-16/h1,4-11,13,21H,12H2,2H3,(H,22,23). The van der Waals surface area contributed by atoms with E-state index in [0.29, 0.717) is 10.7 Å². The van der Waals surface area contributed by atoms with Gasteiger partial charge in [-0.1, -0.05) is 17.5 Å². The van der Waals surface area contributed by atoms with Gasteiger partial charge in [0.1, 0.15) is 0 Å². The van der Waals surface area contributed by atoms with Crippen molar-refractivity contribution in [3.05, 3.63) is 59.1 Å². The van der Waals surface area contributed by atoms with E-state index in [2.05, 4.69) is 16.0 Å². The molecule has 0 aliphatic rings. The second kappa shape index (κ2) is 9.37. The Morgan fingerprint density at radius 3 is 2.32 bits per heavy atom. The Morgan fingerprint density at radius 2 is 1.75 bits per heavy atom. The van der Waals surface area contributed by atoms with Crippen LogP contribution in [-0.4, -0.2) is 32.9 Å². The van der Waals surface area contributed by atoms with Gasteiger partial charge in [0.2, 0.25) is 10.0 Å². The molecule has 0 bridgehead atoms. The molecule has 0 saturated heterocycles. The third kappa shape index (κ3) is 5.82. The number of ether oxygens (including phenoxy) is 1. The number of benzene rings is 2. The number of terminal acetylenes is 1. The van der Waals surface area contributed by atoms with Crippen LogP contribution in [0.1, 0.15) is 17.3 Å². The molecule has 146 valence electrons. The summed E-state index contributed by atoms with van der Waals surface area (Å²) in [6.45, 7) is 1.28. The van der Waals surface area contributed by atoms with Crippen molar-refractivity contribution in [2.45, 2.75) is 17.9 Å². The van der Waals surface area contributed by atoms with Crippen molar-refractivity contribution in [3.63, 3.8) is 0 Å². The molecule has 0 aliphatic heterocycles. The largest absolute Gasteiger partial charge is 0.449 e. The molecule has 2 N–H and O–H groups in total. The molecule has 0 aromatic heterocycles. The van der Waals surface area contributed by atoms with E-state index < -0.39 is 28.0 Å². The Hall–Kier alpha value is -2.86. The van der Waals surface area contributed by atoms with Crippen molar-refractivity contribution in [3.8, 4) is 12.3 Å². The fraction of sp³-hybridized carbons (Fsp3) is 0.158. The smallest absolute Gasteiger partial charge is 0.338 e. The van der Waals surface area contributed by atoms with Crippen LogP contribution in [0, 0.1) is 12.3 Å². The lowest BCUT2D eigenvalue weighted by Gasteiger charge is -2.14. The summed E-state index contributed by atoms with van der Waals surface area (Å²) in [5.41, 5.74) is 0.605. The molecule has 1 unspecified atom stereocenters. The first-order valence-corrected chi connectivity index (χ1v) is 9.89. The van der Waals surface area contributed by atoms with E-state index >= 15 is 0 Å². The first-order chi connectivity index (χ1) is 13.2. The monoisotopic (exact) mass is 420 g/mol. The van der Waals surface area contributed by atoms with Gasteiger partial charge >= 0.3 is 5.97 Å². The van der Waals surface area contributed by atoms with Gasteiger partial charge in [0.05, 0.1) is 17.0 Å². The molecule has 0 aliphatic carbocycles. The molecular formula is C19H17ClN2O5S. The third-order valence-electron chi connectivity index (χ3n) is 3.53. The Morgan fingerprint density at radius 1 is 1.14 bits per heavy atom. The lowest BCUT2D eigenvalue weighted by Crippen LogP contribution is -2.30. The van der Waals surface area contributed by atoms with Crippen LogP contribution in [0.15, 0.2) is 53.4 Å². The van der Waals surface area contributed by atoms with E-state index in [4.69, 9.17) is 22.8 Å². The number of amides is 1. The van der Waals surface area contributed by atoms with Gasteiger partial charge in [0.15, 0.2) is 6.10 Å². The molecule has 1 atom stereocenters. The summed E-state index contributed by atoms with van der Waals surface area (Å²) in [5.74, 6) is 0.882. The van der Waals surface area contributed by atoms with Gasteiger partial charge in [-0.3, -0.25) is 4.79 Å². The molecule has 9 heteroatoms. The van der Waals surface area contributed by atoms with Crippen molar-refractivity contribution >= 4 is 39.2 Å². The molecule has 0 heterocycles. The van der Waals surface area contributed by atoms with Gasteiger partial charge in [-0.15, -0.1) is 6.42 Å². The topological polar surface area (TPSA) is 102 Å². The second-order valence-electron chi connectivity index (χ2n) is 5.60. The molecule has 1 amide bonds. The number of rotatable bonds is 7. The summed E-state index contributed by atoms with van der Waals surface area (Å²) in [6, 6.07) is 11.5. The van der Waals surface area contributed by atoms with E-state index in [9.17, 15) is 18.0 Å². The van der Waals surface area contributed by atoms with Gasteiger partial charge in [-0.2, -0.15) is 4.72 Å². The lowest BCUT2D eigenvalue weighted by molar-refractivity contribution is -0.123. The molecule has 2 rings (SSSR count). The zero-order valence-electron chi connectivity index (χ0n) is 14.8. The van der Waals surface area contributed by atoms with Crippen LogP contribution in [0.4, 0.5) is 5.69 Å². The van der Waals surface area contributed by atoms with Gasteiger partial charge in [0, 0.05) is 10.7 Å². The van der Waals surface area contributed by atoms with Crippen molar-refractivity contribution in [1.82, 2.24) is 4.72 Å². The zero-order chi connectivity index (χ0) is 20.7. The molecule has 2 aromatic rings. The SMILES string of the molecule is C#CCNS(=O)(=O)c1ccc(C(=O)OC(C)C(=O)Nc2ccc(Cl)cc2)cc1. The minimum atomic E-state index is -3.76. The predicted molar refractivity (Wildman–Crippen MR) is 105 cm³/mol. The Kier molecular flexibility index (Phi) is 7.18. The van der Waals surface area contributed by atoms with E-state index in [0.717, 1.165) is 0 Å². The number of anilines is 1. The maximum absolute atomic E-state index is 12.2. The van der Waals surface area contributed by atoms with E-state index in [-0.39, 0.29) is 17.0 Å². The molecule has 0 fully saturated rings. The Bertz CT molecular complexity index is 996. The van der Waals surface area contributed by atoms with Crippen LogP contribution in [0.5, 0.6) is 0 Å². The summed E-state index contributed by atoms with van der Waals surface area (Å²) < 4.78 is 31.2. The highest BCUT2D eigenvalue weighted by atomic mass is 35.5. The minimum Gasteiger partial charge on any atom is -0.449 e. The number of sulfonamides is 1. The third-order valence-corrected chi connectivity index (χ3v) is 5.20. The van der Waals surface area contributed by atoms with Crippen molar-refractivity contribution in [2.75, 3.05) is 11.9 Å². The number of halogens is 1. The summed E-state index contributed by atoms with van der Waals surface area (Å²) in [6.07, 6.45) is 3.96. The Balaban J connectivity index is 1.99. The summed E-state index contributed by atoms with van der Waals surface area (Å²) in [5, 5.41) is 3.12. The maximum Gasteiger partial charge on any atom is 0.338 e. The average molecular weight is 421 g/mol. The van der Waals surface area contributed by atoms with Crippen LogP contribution >= 0.6 is 11.6 Å². The highest BCUT2D eigenvalue weighted by molar-refractivity contribution is 7.89. The first kappa shape index (κ1) is 21.4. The maximum atomic E-state index is 12.2. The van der Waals surface area contributed by atoms with Gasteiger partial charge in [-0.25, -0.2) is 13.2 Å². The molecular weight excluding hydrogens is 404 g/mol. The molecule has 0 saturated carbocycles. The number of hydrogen-bond donors (Lipinski definition) is 2. The zero-order valence-corrected chi connectivity index (χ0v) is 16.4. The highest BCUT2D eigenvalue weighted by Crippen LogP contribution is 2.15. The van der Waals surface area contributed by atoms with E-state index in [1.54, 1.807) is 24.3 Å². The summed E-state index contributed by atoms with van der Waals surface area (Å²) in [7, 11) is -3.76. The number of hydrogen-bond acceptors (Lipinski definition) is 5. The van der Waals surface area contributed by atoms with E-state index in [1.807, 2.05) is 0 Å². The number of carbonyl (C=O) groups excluding carboxylic acids is 2. The number of carbonyl (C=O) groups is 2. The van der Waals surface area contributed by atoms with Crippen LogP contribution in [0.25, 0.3) is 0 Å². The lowest BCUT2D eigenvalue weighted by atomic mass is 10.2. The minimum absolute atomic E-state index is 0.0483. The van der Waals surface area contributed by atoms with Gasteiger partial charge in [-0.05, 0) is 55.5 Å². The van der Waals surface area contributed by atoms with Crippen molar-refractivity contribution in [2.24, 2.45) is 0 Å². The van der Waals surface area contributed by atoms with Gasteiger partial charge in [0.25, 0.3) is 5.91 Å². The van der Waals surface area contributed by atoms with Gasteiger partial charge < -0.3 is 10.1 Å². The first-order valence-electron chi connectivity index (χ1n) is 8.03. The van der Waals surface area contributed by atoms with Crippen molar-refractivity contribution in [1.29, 1.82) is 0 Å². The number of esters is 1. The van der Waals surface area contributed by atoms with E-state index in [1.165, 1.54) is 31.2 Å². The van der Waals surface area contributed by atoms with Crippen LogP contribution < -0.4 is 10.0 Å². The van der Waals surface area contributed by atoms with Crippen LogP contribution in [0.3, 0.4) is 0 Å². The second-order valence-corrected chi connectivity index (χ2v) is 7.80. The fourth-order valence-corrected chi connectivity index (χ4v) is 3.11. The van der Waals surface area contributed by atoms with Crippen LogP contribution in [-0.2, 0) is 19.6 Å². The quantitative estimate of drug-likeness (QED) is 0.529. The fourth-order valence-electron chi connectivity index (χ4n) is 2.05. The molecule has 28 heavy (non-hydrogen) atoms. The summed E-state index contributed by atoms with van der Waals surface area (Å²) >= 11 is 5.78. The molecule has 2 aromatic carbocycles. The molecule has 0 spiro atoms.